The molecule has 0 spiro atoms. The molecule has 2 aromatic rings. The molecule has 0 unspecified atom stereocenters. The van der Waals surface area contributed by atoms with Gasteiger partial charge in [-0.25, -0.2) is 0 Å². The number of aryl methyl sites for hydroxylation is 1. The predicted octanol–water partition coefficient (Wildman–Crippen LogP) is 3.46. The molecule has 3 rings (SSSR count). The molecule has 0 aromatic heterocycles. The Kier molecular flexibility index (Phi) is 4.54. The van der Waals surface area contributed by atoms with E-state index in [1.54, 1.807) is 0 Å². The summed E-state index contributed by atoms with van der Waals surface area (Å²) < 4.78 is 5.80. The van der Waals surface area contributed by atoms with Crippen molar-refractivity contribution in [2.24, 2.45) is 0 Å². The van der Waals surface area contributed by atoms with E-state index in [0.29, 0.717) is 13.2 Å². The van der Waals surface area contributed by atoms with Crippen LogP contribution in [0.1, 0.15) is 27.9 Å². The van der Waals surface area contributed by atoms with E-state index < -0.39 is 0 Å². The summed E-state index contributed by atoms with van der Waals surface area (Å²) in [4.78, 5) is 14.5. The monoisotopic (exact) mass is 295 g/mol. The minimum atomic E-state index is 0.201. The van der Waals surface area contributed by atoms with Crippen molar-refractivity contribution in [2.75, 3.05) is 19.6 Å². The van der Waals surface area contributed by atoms with Gasteiger partial charge >= 0.3 is 0 Å². The van der Waals surface area contributed by atoms with Crippen LogP contribution in [0.25, 0.3) is 0 Å². The van der Waals surface area contributed by atoms with E-state index in [1.165, 1.54) is 6.42 Å². The lowest BCUT2D eigenvalue weighted by atomic mass is 10.0. The highest BCUT2D eigenvalue weighted by Crippen LogP contribution is 2.20. The molecule has 0 atom stereocenters. The Bertz CT molecular complexity index is 648. The van der Waals surface area contributed by atoms with Crippen molar-refractivity contribution in [1.29, 1.82) is 0 Å². The fourth-order valence-corrected chi connectivity index (χ4v) is 2.61. The lowest BCUT2D eigenvalue weighted by molar-refractivity contribution is 0.0874. The molecule has 0 bridgehead atoms. The Morgan fingerprint density at radius 1 is 1.14 bits per heavy atom. The average Bonchev–Trinajstić information content (AvgIpc) is 2.50. The van der Waals surface area contributed by atoms with Crippen LogP contribution in [0.5, 0.6) is 5.75 Å². The van der Waals surface area contributed by atoms with E-state index in [-0.39, 0.29) is 5.78 Å². The molecule has 1 aliphatic heterocycles. The maximum atomic E-state index is 12.3. The van der Waals surface area contributed by atoms with E-state index in [1.807, 2.05) is 55.5 Å². The number of nitrogens with zero attached hydrogens (tertiary/aromatic N) is 1. The summed E-state index contributed by atoms with van der Waals surface area (Å²) in [6, 6.07) is 15.8. The first kappa shape index (κ1) is 14.8. The highest BCUT2D eigenvalue weighted by atomic mass is 16.5. The molecule has 0 radical (unpaired) electrons. The van der Waals surface area contributed by atoms with Crippen LogP contribution < -0.4 is 4.74 Å². The van der Waals surface area contributed by atoms with Gasteiger partial charge in [-0.1, -0.05) is 30.3 Å². The minimum absolute atomic E-state index is 0.201. The Morgan fingerprint density at radius 2 is 1.91 bits per heavy atom. The van der Waals surface area contributed by atoms with Crippen LogP contribution in [0, 0.1) is 6.92 Å². The van der Waals surface area contributed by atoms with Gasteiger partial charge in [0, 0.05) is 5.56 Å². The normalized spacial score (nSPS) is 14.4. The quantitative estimate of drug-likeness (QED) is 0.764. The van der Waals surface area contributed by atoms with Gasteiger partial charge in [0.2, 0.25) is 0 Å². The topological polar surface area (TPSA) is 29.5 Å². The zero-order chi connectivity index (χ0) is 15.4. The maximum Gasteiger partial charge on any atom is 0.177 e. The Balaban J connectivity index is 1.62. The molecule has 3 heteroatoms. The SMILES string of the molecule is Cc1cc(OCc2ccccc2)ccc1C(=O)CN1CCC1. The molecule has 1 aliphatic rings. The van der Waals surface area contributed by atoms with E-state index in [0.717, 1.165) is 35.5 Å². The average molecular weight is 295 g/mol. The number of carbonyl (C=O) groups excluding carboxylic acids is 1. The molecule has 0 N–H and O–H groups in total. The predicted molar refractivity (Wildman–Crippen MR) is 87.3 cm³/mol. The Morgan fingerprint density at radius 3 is 2.55 bits per heavy atom. The first-order valence-corrected chi connectivity index (χ1v) is 7.75. The second-order valence-corrected chi connectivity index (χ2v) is 5.80. The van der Waals surface area contributed by atoms with Gasteiger partial charge in [-0.05, 0) is 55.8 Å². The van der Waals surface area contributed by atoms with Crippen molar-refractivity contribution in [3.63, 3.8) is 0 Å². The number of ether oxygens (including phenoxy) is 1. The van der Waals surface area contributed by atoms with Gasteiger partial charge in [0.25, 0.3) is 0 Å². The van der Waals surface area contributed by atoms with Gasteiger partial charge in [-0.2, -0.15) is 0 Å². The third kappa shape index (κ3) is 3.55. The second kappa shape index (κ2) is 6.75. The van der Waals surface area contributed by atoms with Crippen LogP contribution in [0.15, 0.2) is 48.5 Å². The summed E-state index contributed by atoms with van der Waals surface area (Å²) in [5.74, 6) is 1.01. The molecule has 3 nitrogen and oxygen atoms in total. The minimum Gasteiger partial charge on any atom is -0.489 e. The van der Waals surface area contributed by atoms with Gasteiger partial charge in [0.05, 0.1) is 6.54 Å². The van der Waals surface area contributed by atoms with E-state index >= 15 is 0 Å². The zero-order valence-corrected chi connectivity index (χ0v) is 12.9. The van der Waals surface area contributed by atoms with Gasteiger partial charge in [-0.15, -0.1) is 0 Å². The first-order chi connectivity index (χ1) is 10.7. The highest BCUT2D eigenvalue weighted by molar-refractivity contribution is 5.99. The van der Waals surface area contributed by atoms with Crippen LogP contribution in [-0.2, 0) is 6.61 Å². The van der Waals surface area contributed by atoms with Crippen molar-refractivity contribution in [2.45, 2.75) is 20.0 Å². The fraction of sp³-hybridized carbons (Fsp3) is 0.316. The molecular formula is C19H21NO2. The van der Waals surface area contributed by atoms with Gasteiger partial charge in [0.1, 0.15) is 12.4 Å². The molecular weight excluding hydrogens is 274 g/mol. The fourth-order valence-electron chi connectivity index (χ4n) is 2.61. The second-order valence-electron chi connectivity index (χ2n) is 5.80. The lowest BCUT2D eigenvalue weighted by Gasteiger charge is -2.29. The molecule has 114 valence electrons. The number of ketones is 1. The zero-order valence-electron chi connectivity index (χ0n) is 12.9. The number of rotatable bonds is 6. The summed E-state index contributed by atoms with van der Waals surface area (Å²) in [5.41, 5.74) is 2.92. The summed E-state index contributed by atoms with van der Waals surface area (Å²) in [7, 11) is 0. The smallest absolute Gasteiger partial charge is 0.177 e. The number of hydrogen-bond acceptors (Lipinski definition) is 3. The van der Waals surface area contributed by atoms with E-state index in [9.17, 15) is 4.79 Å². The third-order valence-electron chi connectivity index (χ3n) is 4.06. The third-order valence-corrected chi connectivity index (χ3v) is 4.06. The van der Waals surface area contributed by atoms with Gasteiger partial charge in [-0.3, -0.25) is 9.69 Å². The van der Waals surface area contributed by atoms with Crippen LogP contribution in [0.2, 0.25) is 0 Å². The molecule has 1 heterocycles. The van der Waals surface area contributed by atoms with Gasteiger partial charge < -0.3 is 4.74 Å². The highest BCUT2D eigenvalue weighted by Gasteiger charge is 2.19. The number of carbonyl (C=O) groups is 1. The molecule has 1 fully saturated rings. The number of likely N-dealkylation sites (tertiary alicyclic amines) is 1. The van der Waals surface area contributed by atoms with Crippen molar-refractivity contribution >= 4 is 5.78 Å². The van der Waals surface area contributed by atoms with Crippen molar-refractivity contribution in [1.82, 2.24) is 4.90 Å². The molecule has 2 aromatic carbocycles. The van der Waals surface area contributed by atoms with Crippen LogP contribution in [-0.4, -0.2) is 30.3 Å². The molecule has 0 amide bonds. The molecule has 1 saturated heterocycles. The summed E-state index contributed by atoms with van der Waals surface area (Å²) in [5, 5.41) is 0. The van der Waals surface area contributed by atoms with Crippen LogP contribution in [0.3, 0.4) is 0 Å². The molecule has 22 heavy (non-hydrogen) atoms. The van der Waals surface area contributed by atoms with Crippen molar-refractivity contribution in [3.8, 4) is 5.75 Å². The Labute approximate surface area is 131 Å². The molecule has 0 saturated carbocycles. The largest absolute Gasteiger partial charge is 0.489 e. The number of benzene rings is 2. The standard InChI is InChI=1S/C19H21NO2/c1-15-12-17(22-14-16-6-3-2-4-7-16)8-9-18(15)19(21)13-20-10-5-11-20/h2-4,6-9,12H,5,10-11,13-14H2,1H3. The number of hydrogen-bond donors (Lipinski definition) is 0. The van der Waals surface area contributed by atoms with Gasteiger partial charge in [0.15, 0.2) is 5.78 Å². The van der Waals surface area contributed by atoms with Crippen LogP contribution in [0.4, 0.5) is 0 Å². The van der Waals surface area contributed by atoms with Crippen molar-refractivity contribution < 1.29 is 9.53 Å². The van der Waals surface area contributed by atoms with E-state index in [2.05, 4.69) is 4.90 Å². The summed E-state index contributed by atoms with van der Waals surface area (Å²) >= 11 is 0. The number of Topliss-reactive ketones (excluding diaryl/α,β-unsaturated/α-hetero) is 1. The Hall–Kier alpha value is -2.13. The van der Waals surface area contributed by atoms with E-state index in [4.69, 9.17) is 4.74 Å². The first-order valence-electron chi connectivity index (χ1n) is 7.75. The lowest BCUT2D eigenvalue weighted by Crippen LogP contribution is -2.40. The summed E-state index contributed by atoms with van der Waals surface area (Å²) in [6.07, 6.45) is 1.21. The van der Waals surface area contributed by atoms with Crippen LogP contribution >= 0.6 is 0 Å². The maximum absolute atomic E-state index is 12.3. The van der Waals surface area contributed by atoms with Crippen molar-refractivity contribution in [3.05, 3.63) is 65.2 Å². The molecule has 0 aliphatic carbocycles. The summed E-state index contributed by atoms with van der Waals surface area (Å²) in [6.45, 7) is 5.14.